The van der Waals surface area contributed by atoms with E-state index in [2.05, 4.69) is 59.7 Å². The molecule has 0 aliphatic heterocycles. The van der Waals surface area contributed by atoms with E-state index in [4.69, 9.17) is 4.52 Å². The molecule has 1 N–H and O–H groups in total. The van der Waals surface area contributed by atoms with Crippen LogP contribution in [0.1, 0.15) is 46.1 Å². The third-order valence-corrected chi connectivity index (χ3v) is 3.24. The van der Waals surface area contributed by atoms with Crippen LogP contribution in [-0.4, -0.2) is 25.8 Å². The average molecular weight is 281 g/mol. The van der Waals surface area contributed by atoms with Crippen molar-refractivity contribution in [2.75, 3.05) is 0 Å². The van der Waals surface area contributed by atoms with E-state index in [9.17, 15) is 0 Å². The second-order valence-electron chi connectivity index (χ2n) is 5.75. The van der Waals surface area contributed by atoms with E-state index in [1.165, 1.54) is 11.5 Å². The second kappa shape index (κ2) is 5.34. The molecule has 2 heterocycles. The van der Waals surface area contributed by atoms with Gasteiger partial charge in [-0.3, -0.25) is 0 Å². The van der Waals surface area contributed by atoms with Crippen molar-refractivity contribution >= 4 is 11.5 Å². The summed E-state index contributed by atoms with van der Waals surface area (Å²) in [6, 6.07) is 0.386. The maximum atomic E-state index is 5.31. The van der Waals surface area contributed by atoms with Gasteiger partial charge in [-0.2, -0.15) is 4.98 Å². The zero-order chi connectivity index (χ0) is 14.0. The Balaban J connectivity index is 2.21. The number of hydrogen-bond donors (Lipinski definition) is 1. The number of hydrogen-bond acceptors (Lipinski definition) is 7. The number of nitrogens with zero attached hydrogens (tertiary/aromatic N) is 4. The maximum Gasteiger partial charge on any atom is 0.271 e. The molecule has 104 valence electrons. The van der Waals surface area contributed by atoms with Crippen LogP contribution in [0.4, 0.5) is 0 Å². The standard InChI is InChI=1S/C12H19N5OS/c1-7(2)13-6-8-14-11(18-16-8)9-10(12(3,4)5)15-17-19-9/h7,13H,6H2,1-5H3. The fourth-order valence-electron chi connectivity index (χ4n) is 1.54. The molecule has 0 saturated carbocycles. The van der Waals surface area contributed by atoms with E-state index in [1.807, 2.05) is 0 Å². The molecule has 6 nitrogen and oxygen atoms in total. The molecule has 0 amide bonds. The van der Waals surface area contributed by atoms with E-state index in [1.54, 1.807) is 0 Å². The minimum Gasteiger partial charge on any atom is -0.333 e. The molecular formula is C12H19N5OS. The van der Waals surface area contributed by atoms with Gasteiger partial charge < -0.3 is 9.84 Å². The molecule has 0 aliphatic carbocycles. The van der Waals surface area contributed by atoms with E-state index < -0.39 is 0 Å². The minimum absolute atomic E-state index is 0.0901. The Morgan fingerprint density at radius 2 is 2.05 bits per heavy atom. The van der Waals surface area contributed by atoms with Crippen LogP contribution < -0.4 is 5.32 Å². The molecule has 0 aromatic carbocycles. The van der Waals surface area contributed by atoms with Gasteiger partial charge >= 0.3 is 0 Å². The summed E-state index contributed by atoms with van der Waals surface area (Å²) in [5.41, 5.74) is 0.803. The molecule has 2 rings (SSSR count). The molecule has 0 fully saturated rings. The maximum absolute atomic E-state index is 5.31. The van der Waals surface area contributed by atoms with Gasteiger partial charge in [0.1, 0.15) is 4.88 Å². The Bertz CT molecular complexity index is 540. The first-order chi connectivity index (χ1) is 8.88. The predicted octanol–water partition coefficient (Wildman–Crippen LogP) is 2.38. The summed E-state index contributed by atoms with van der Waals surface area (Å²) in [5, 5.41) is 11.4. The predicted molar refractivity (Wildman–Crippen MR) is 73.9 cm³/mol. The molecule has 0 bridgehead atoms. The van der Waals surface area contributed by atoms with Crippen molar-refractivity contribution in [2.45, 2.75) is 52.6 Å². The largest absolute Gasteiger partial charge is 0.333 e. The Labute approximate surface area is 116 Å². The summed E-state index contributed by atoms with van der Waals surface area (Å²) in [5.74, 6) is 1.15. The summed E-state index contributed by atoms with van der Waals surface area (Å²) in [6.07, 6.45) is 0. The zero-order valence-electron chi connectivity index (χ0n) is 11.9. The van der Waals surface area contributed by atoms with Crippen LogP contribution in [0.15, 0.2) is 4.52 Å². The summed E-state index contributed by atoms with van der Waals surface area (Å²) < 4.78 is 9.30. The van der Waals surface area contributed by atoms with Crippen molar-refractivity contribution in [3.05, 3.63) is 11.5 Å². The number of rotatable bonds is 4. The SMILES string of the molecule is CC(C)NCc1noc(-c2snnc2C(C)(C)C)n1. The lowest BCUT2D eigenvalue weighted by Crippen LogP contribution is -2.22. The highest BCUT2D eigenvalue weighted by atomic mass is 32.1. The highest BCUT2D eigenvalue weighted by Gasteiger charge is 2.26. The molecule has 0 atom stereocenters. The van der Waals surface area contributed by atoms with Crippen molar-refractivity contribution in [1.29, 1.82) is 0 Å². The van der Waals surface area contributed by atoms with Crippen LogP contribution >= 0.6 is 11.5 Å². The third kappa shape index (κ3) is 3.36. The van der Waals surface area contributed by atoms with Crippen molar-refractivity contribution in [3.8, 4) is 10.8 Å². The van der Waals surface area contributed by atoms with Gasteiger partial charge in [0.05, 0.1) is 12.2 Å². The molecule has 0 unspecified atom stereocenters. The second-order valence-corrected chi connectivity index (χ2v) is 6.51. The molecular weight excluding hydrogens is 262 g/mol. The van der Waals surface area contributed by atoms with Crippen LogP contribution in [0.3, 0.4) is 0 Å². The van der Waals surface area contributed by atoms with Gasteiger partial charge in [0.25, 0.3) is 5.89 Å². The fourth-order valence-corrected chi connectivity index (χ4v) is 2.33. The van der Waals surface area contributed by atoms with Gasteiger partial charge in [-0.05, 0) is 11.5 Å². The van der Waals surface area contributed by atoms with Gasteiger partial charge in [0.2, 0.25) is 0 Å². The Morgan fingerprint density at radius 1 is 1.32 bits per heavy atom. The summed E-state index contributed by atoms with van der Waals surface area (Å²) >= 11 is 1.29. The summed E-state index contributed by atoms with van der Waals surface area (Å²) in [7, 11) is 0. The van der Waals surface area contributed by atoms with Crippen LogP contribution in [0.2, 0.25) is 0 Å². The minimum atomic E-state index is -0.0901. The molecule has 19 heavy (non-hydrogen) atoms. The first kappa shape index (κ1) is 14.1. The van der Waals surface area contributed by atoms with E-state index >= 15 is 0 Å². The highest BCUT2D eigenvalue weighted by Crippen LogP contribution is 2.32. The highest BCUT2D eigenvalue weighted by molar-refractivity contribution is 7.09. The van der Waals surface area contributed by atoms with Gasteiger partial charge in [-0.1, -0.05) is 44.3 Å². The Kier molecular flexibility index (Phi) is 3.96. The zero-order valence-corrected chi connectivity index (χ0v) is 12.7. The normalized spacial score (nSPS) is 12.3. The fraction of sp³-hybridized carbons (Fsp3) is 0.667. The van der Waals surface area contributed by atoms with Crippen molar-refractivity contribution in [2.24, 2.45) is 0 Å². The first-order valence-electron chi connectivity index (χ1n) is 6.27. The lowest BCUT2D eigenvalue weighted by Gasteiger charge is -2.14. The Hall–Kier alpha value is -1.34. The molecule has 2 aromatic rings. The number of aromatic nitrogens is 4. The van der Waals surface area contributed by atoms with Gasteiger partial charge in [-0.15, -0.1) is 5.10 Å². The van der Waals surface area contributed by atoms with Crippen LogP contribution in [0.5, 0.6) is 0 Å². The lowest BCUT2D eigenvalue weighted by molar-refractivity contribution is 0.416. The molecule has 0 radical (unpaired) electrons. The Morgan fingerprint density at radius 3 is 2.68 bits per heavy atom. The number of nitrogens with one attached hydrogen (secondary N) is 1. The topological polar surface area (TPSA) is 76.7 Å². The van der Waals surface area contributed by atoms with Crippen molar-refractivity contribution < 1.29 is 4.52 Å². The van der Waals surface area contributed by atoms with Crippen molar-refractivity contribution in [3.63, 3.8) is 0 Å². The molecule has 0 aliphatic rings. The average Bonchev–Trinajstić information content (AvgIpc) is 2.93. The van der Waals surface area contributed by atoms with Gasteiger partial charge in [-0.25, -0.2) is 0 Å². The smallest absolute Gasteiger partial charge is 0.271 e. The van der Waals surface area contributed by atoms with Crippen LogP contribution in [-0.2, 0) is 12.0 Å². The van der Waals surface area contributed by atoms with Gasteiger partial charge in [0, 0.05) is 11.5 Å². The van der Waals surface area contributed by atoms with E-state index in [-0.39, 0.29) is 5.41 Å². The molecule has 0 saturated heterocycles. The summed E-state index contributed by atoms with van der Waals surface area (Å²) in [6.45, 7) is 11.0. The van der Waals surface area contributed by atoms with E-state index in [0.29, 0.717) is 24.3 Å². The van der Waals surface area contributed by atoms with Gasteiger partial charge in [0.15, 0.2) is 5.82 Å². The van der Waals surface area contributed by atoms with Crippen molar-refractivity contribution in [1.82, 2.24) is 25.0 Å². The first-order valence-corrected chi connectivity index (χ1v) is 7.04. The van der Waals surface area contributed by atoms with Crippen LogP contribution in [0, 0.1) is 0 Å². The third-order valence-electron chi connectivity index (χ3n) is 2.53. The summed E-state index contributed by atoms with van der Waals surface area (Å²) in [4.78, 5) is 5.25. The molecule has 7 heteroatoms. The van der Waals surface area contributed by atoms with E-state index in [0.717, 1.165) is 10.6 Å². The quantitative estimate of drug-likeness (QED) is 0.927. The molecule has 0 spiro atoms. The monoisotopic (exact) mass is 281 g/mol. The lowest BCUT2D eigenvalue weighted by atomic mass is 9.91. The molecule has 2 aromatic heterocycles. The van der Waals surface area contributed by atoms with Crippen LogP contribution in [0.25, 0.3) is 10.8 Å².